The third-order valence-corrected chi connectivity index (χ3v) is 5.67. The minimum absolute atomic E-state index is 0.0202. The molecule has 0 bridgehead atoms. The average Bonchev–Trinajstić information content (AvgIpc) is 2.87. The summed E-state index contributed by atoms with van der Waals surface area (Å²) in [6.45, 7) is 1.18. The highest BCUT2D eigenvalue weighted by Crippen LogP contribution is 2.22. The quantitative estimate of drug-likeness (QED) is 0.254. The van der Waals surface area contributed by atoms with Crippen molar-refractivity contribution < 1.29 is 14.3 Å². The van der Waals surface area contributed by atoms with Crippen LogP contribution in [0.3, 0.4) is 0 Å². The summed E-state index contributed by atoms with van der Waals surface area (Å²) in [6, 6.07) is 16.8. The van der Waals surface area contributed by atoms with Crippen LogP contribution < -0.4 is 11.1 Å². The lowest BCUT2D eigenvalue weighted by Crippen LogP contribution is -2.12. The molecule has 0 unspecified atom stereocenters. The Hall–Kier alpha value is -4.17. The number of primary amides is 1. The Balaban J connectivity index is 1.41. The molecule has 2 aromatic carbocycles. The number of para-hydroxylation sites is 1. The van der Waals surface area contributed by atoms with E-state index in [1.54, 1.807) is 25.4 Å². The monoisotopic (exact) mass is 469 g/mol. The number of aryl methyl sites for hydroxylation is 1. The zero-order chi connectivity index (χ0) is 24.6. The third-order valence-electron chi connectivity index (χ3n) is 5.67. The minimum Gasteiger partial charge on any atom is -0.385 e. The predicted octanol–water partition coefficient (Wildman–Crippen LogP) is 3.74. The molecule has 8 nitrogen and oxygen atoms in total. The number of aromatic nitrogens is 3. The summed E-state index contributed by atoms with van der Waals surface area (Å²) in [5.74, 6) is 0.0941. The predicted molar refractivity (Wildman–Crippen MR) is 134 cm³/mol. The van der Waals surface area contributed by atoms with Crippen LogP contribution >= 0.6 is 0 Å². The number of fused-ring (bicyclic) bond motifs is 1. The molecular weight excluding hydrogens is 442 g/mol. The number of amides is 1. The Bertz CT molecular complexity index is 1340. The Morgan fingerprint density at radius 3 is 2.60 bits per heavy atom. The summed E-state index contributed by atoms with van der Waals surface area (Å²) in [4.78, 5) is 37.4. The van der Waals surface area contributed by atoms with Crippen LogP contribution in [-0.4, -0.2) is 40.4 Å². The van der Waals surface area contributed by atoms with Crippen LogP contribution in [-0.2, 0) is 24.1 Å². The largest absolute Gasteiger partial charge is 0.385 e. The Kier molecular flexibility index (Phi) is 7.74. The van der Waals surface area contributed by atoms with Crippen molar-refractivity contribution in [2.45, 2.75) is 25.8 Å². The molecule has 0 radical (unpaired) electrons. The highest BCUT2D eigenvalue weighted by Gasteiger charge is 2.12. The molecule has 2 aromatic heterocycles. The van der Waals surface area contributed by atoms with Gasteiger partial charge in [-0.2, -0.15) is 0 Å². The van der Waals surface area contributed by atoms with Crippen LogP contribution in [0.2, 0.25) is 0 Å². The van der Waals surface area contributed by atoms with Crippen molar-refractivity contribution in [1.82, 2.24) is 15.0 Å². The first-order valence-corrected chi connectivity index (χ1v) is 11.4. The molecule has 0 saturated carbocycles. The second-order valence-electron chi connectivity index (χ2n) is 8.20. The van der Waals surface area contributed by atoms with Crippen LogP contribution in [0.15, 0.2) is 67.1 Å². The smallest absolute Gasteiger partial charge is 0.250 e. The van der Waals surface area contributed by atoms with Gasteiger partial charge in [0.05, 0.1) is 11.1 Å². The van der Waals surface area contributed by atoms with Gasteiger partial charge >= 0.3 is 0 Å². The standard InChI is InChI=1S/C27H27N5O3/c1-35-12-4-7-21-11-10-20(16-29-21)24(33)14-18-5-2-6-19(13-18)15-30-27-23-9-3-8-22(26(28)34)25(23)31-17-32-27/h2-3,5-6,8-11,13,16-17H,4,7,12,14-15H2,1H3,(H2,28,34)(H,30,31,32). The molecule has 0 fully saturated rings. The van der Waals surface area contributed by atoms with Gasteiger partial charge in [-0.15, -0.1) is 0 Å². The Labute approximate surface area is 203 Å². The van der Waals surface area contributed by atoms with Crippen LogP contribution in [0, 0.1) is 0 Å². The number of rotatable bonds is 11. The Morgan fingerprint density at radius 2 is 1.83 bits per heavy atom. The van der Waals surface area contributed by atoms with E-state index in [1.807, 2.05) is 42.5 Å². The molecule has 35 heavy (non-hydrogen) atoms. The van der Waals surface area contributed by atoms with Gasteiger partial charge in [0.2, 0.25) is 0 Å². The van der Waals surface area contributed by atoms with Crippen molar-refractivity contribution in [3.05, 3.63) is 95.1 Å². The van der Waals surface area contributed by atoms with Gasteiger partial charge in [-0.25, -0.2) is 9.97 Å². The van der Waals surface area contributed by atoms with Crippen molar-refractivity contribution >= 4 is 28.4 Å². The maximum absolute atomic E-state index is 12.8. The number of nitrogens with one attached hydrogen (secondary N) is 1. The van der Waals surface area contributed by atoms with Crippen molar-refractivity contribution in [3.63, 3.8) is 0 Å². The van der Waals surface area contributed by atoms with E-state index in [-0.39, 0.29) is 12.2 Å². The summed E-state index contributed by atoms with van der Waals surface area (Å²) in [5.41, 5.74) is 9.80. The molecule has 8 heteroatoms. The van der Waals surface area contributed by atoms with Gasteiger partial charge in [0.1, 0.15) is 12.1 Å². The number of benzene rings is 2. The second-order valence-corrected chi connectivity index (χ2v) is 8.20. The van der Waals surface area contributed by atoms with Crippen LogP contribution in [0.5, 0.6) is 0 Å². The van der Waals surface area contributed by atoms with Gasteiger partial charge in [-0.05, 0) is 48.2 Å². The van der Waals surface area contributed by atoms with Crippen molar-refractivity contribution in [3.8, 4) is 0 Å². The van der Waals surface area contributed by atoms with Crippen molar-refractivity contribution in [2.24, 2.45) is 5.73 Å². The Morgan fingerprint density at radius 1 is 1.00 bits per heavy atom. The molecule has 0 aliphatic carbocycles. The maximum Gasteiger partial charge on any atom is 0.250 e. The van der Waals surface area contributed by atoms with Gasteiger partial charge in [-0.1, -0.05) is 30.3 Å². The molecule has 0 saturated heterocycles. The van der Waals surface area contributed by atoms with Gasteiger partial charge in [0, 0.05) is 49.5 Å². The number of Topliss-reactive ketones (excluding diaryl/α,β-unsaturated/α-hetero) is 1. The van der Waals surface area contributed by atoms with Gasteiger partial charge in [0.25, 0.3) is 5.91 Å². The molecule has 4 aromatic rings. The second kappa shape index (κ2) is 11.3. The number of methoxy groups -OCH3 is 1. The van der Waals surface area contributed by atoms with Crippen LogP contribution in [0.25, 0.3) is 10.9 Å². The number of ketones is 1. The third kappa shape index (κ3) is 6.04. The lowest BCUT2D eigenvalue weighted by molar-refractivity contribution is 0.0987. The number of hydrogen-bond donors (Lipinski definition) is 2. The molecule has 2 heterocycles. The molecular formula is C27H27N5O3. The fourth-order valence-corrected chi connectivity index (χ4v) is 3.89. The summed E-state index contributed by atoms with van der Waals surface area (Å²) < 4.78 is 5.07. The van der Waals surface area contributed by atoms with Crippen molar-refractivity contribution in [1.29, 1.82) is 0 Å². The maximum atomic E-state index is 12.8. The first-order chi connectivity index (χ1) is 17.0. The van der Waals surface area contributed by atoms with E-state index >= 15 is 0 Å². The number of nitrogens with two attached hydrogens (primary N) is 1. The first kappa shape index (κ1) is 24.0. The fraction of sp³-hybridized carbons (Fsp3) is 0.222. The molecule has 3 N–H and O–H groups in total. The van der Waals surface area contributed by atoms with E-state index in [2.05, 4.69) is 20.3 Å². The van der Waals surface area contributed by atoms with Crippen molar-refractivity contribution in [2.75, 3.05) is 19.0 Å². The van der Waals surface area contributed by atoms with Gasteiger partial charge < -0.3 is 15.8 Å². The number of anilines is 1. The van der Waals surface area contributed by atoms with E-state index in [0.717, 1.165) is 29.7 Å². The number of hydrogen-bond acceptors (Lipinski definition) is 7. The summed E-state index contributed by atoms with van der Waals surface area (Å²) >= 11 is 0. The fourth-order valence-electron chi connectivity index (χ4n) is 3.89. The molecule has 1 amide bonds. The topological polar surface area (TPSA) is 120 Å². The van der Waals surface area contributed by atoms with Gasteiger partial charge in [-0.3, -0.25) is 14.6 Å². The zero-order valence-electron chi connectivity index (χ0n) is 19.5. The highest BCUT2D eigenvalue weighted by atomic mass is 16.5. The number of nitrogens with zero attached hydrogens (tertiary/aromatic N) is 3. The van der Waals surface area contributed by atoms with E-state index in [9.17, 15) is 9.59 Å². The summed E-state index contributed by atoms with van der Waals surface area (Å²) in [6.07, 6.45) is 5.06. The zero-order valence-corrected chi connectivity index (χ0v) is 19.5. The number of ether oxygens (including phenoxy) is 1. The highest BCUT2D eigenvalue weighted by molar-refractivity contribution is 6.06. The van der Waals surface area contributed by atoms with E-state index in [1.165, 1.54) is 6.33 Å². The van der Waals surface area contributed by atoms with Gasteiger partial charge in [0.15, 0.2) is 5.78 Å². The summed E-state index contributed by atoms with van der Waals surface area (Å²) in [5, 5.41) is 4.02. The molecule has 0 spiro atoms. The lowest BCUT2D eigenvalue weighted by Gasteiger charge is -2.11. The number of carbonyl (C=O) groups is 2. The molecule has 178 valence electrons. The van der Waals surface area contributed by atoms with Crippen LogP contribution in [0.1, 0.15) is 44.0 Å². The van der Waals surface area contributed by atoms with E-state index in [4.69, 9.17) is 10.5 Å². The molecule has 4 rings (SSSR count). The number of carbonyl (C=O) groups excluding carboxylic acids is 2. The normalized spacial score (nSPS) is 10.9. The summed E-state index contributed by atoms with van der Waals surface area (Å²) in [7, 11) is 1.68. The molecule has 0 atom stereocenters. The SMILES string of the molecule is COCCCc1ccc(C(=O)Cc2cccc(CNc3ncnc4c(C(N)=O)cccc34)c2)cn1. The minimum atomic E-state index is -0.534. The van der Waals surface area contributed by atoms with Crippen LogP contribution in [0.4, 0.5) is 5.82 Å². The number of pyridine rings is 1. The first-order valence-electron chi connectivity index (χ1n) is 11.4. The lowest BCUT2D eigenvalue weighted by atomic mass is 10.0. The average molecular weight is 470 g/mol. The molecule has 0 aliphatic heterocycles. The molecule has 0 aliphatic rings. The van der Waals surface area contributed by atoms with E-state index in [0.29, 0.717) is 41.0 Å². The van der Waals surface area contributed by atoms with E-state index < -0.39 is 5.91 Å².